The Hall–Kier alpha value is -10.3. The van der Waals surface area contributed by atoms with Crippen molar-refractivity contribution in [2.75, 3.05) is 4.90 Å². The van der Waals surface area contributed by atoms with Crippen molar-refractivity contribution in [1.82, 2.24) is 4.57 Å². The van der Waals surface area contributed by atoms with Crippen molar-refractivity contribution in [3.63, 3.8) is 0 Å². The molecule has 12 rings (SSSR count). The Balaban J connectivity index is 0.805. The molecule has 0 amide bonds. The van der Waals surface area contributed by atoms with Crippen LogP contribution in [0.25, 0.3) is 78.0 Å². The van der Waals surface area contributed by atoms with Gasteiger partial charge in [-0.3, -0.25) is 0 Å². The quantitative estimate of drug-likeness (QED) is 0.0733. The first-order valence-electron chi connectivity index (χ1n) is 29.2. The van der Waals surface area contributed by atoms with Gasteiger partial charge in [-0.05, 0) is 146 Å². The first-order chi connectivity index (χ1) is 42.0. The maximum absolute atomic E-state index is 4.24. The summed E-state index contributed by atoms with van der Waals surface area (Å²) < 4.78 is 2.42. The van der Waals surface area contributed by atoms with Gasteiger partial charge in [-0.25, -0.2) is 0 Å². The van der Waals surface area contributed by atoms with Crippen molar-refractivity contribution in [3.05, 3.63) is 374 Å². The van der Waals surface area contributed by atoms with Crippen LogP contribution in [0.3, 0.4) is 0 Å². The summed E-state index contributed by atoms with van der Waals surface area (Å²) in [6.45, 7) is 12.6. The molecule has 85 heavy (non-hydrogen) atoms. The molecule has 0 radical (unpaired) electrons. The van der Waals surface area contributed by atoms with Crippen LogP contribution in [0.5, 0.6) is 0 Å². The summed E-state index contributed by atoms with van der Waals surface area (Å²) >= 11 is 1.78. The van der Waals surface area contributed by atoms with E-state index in [1.807, 2.05) is 24.3 Å². The summed E-state index contributed by atoms with van der Waals surface area (Å²) in [5.74, 6) is 0.287. The Morgan fingerprint density at radius 1 is 0.529 bits per heavy atom. The molecule has 410 valence electrons. The van der Waals surface area contributed by atoms with E-state index in [2.05, 4.69) is 333 Å². The molecular weight excluding hydrogens is 1040 g/mol. The lowest BCUT2D eigenvalue weighted by atomic mass is 9.90. The number of anilines is 2. The van der Waals surface area contributed by atoms with Gasteiger partial charge in [0.2, 0.25) is 0 Å². The molecule has 0 fully saturated rings. The summed E-state index contributed by atoms with van der Waals surface area (Å²) in [5.41, 5.74) is 20.8. The third kappa shape index (κ3) is 12.8. The minimum absolute atomic E-state index is 0.232. The fourth-order valence-corrected chi connectivity index (χ4v) is 12.4. The predicted octanol–water partition coefficient (Wildman–Crippen LogP) is 22.9. The third-order valence-electron chi connectivity index (χ3n) is 16.0. The molecule has 2 nitrogen and oxygen atoms in total. The standard InChI is InChI=1S/C82H66N2S/c1-4-60(23-19-30-63(6-3)81-55-56-82(85-81)72-27-15-9-16-28-72)57-74-59-83(75-31-17-10-18-32-75)80-54-47-73(58-79(74)80)71-39-37-68(38-40-71)70-45-52-78(53-46-70)84(76-48-41-65(42-49-76)62(5-2)29-20-24-61-21-11-7-12-22-61)77-50-43-69(44-51-77)67-35-33-66(34-36-67)64-25-13-8-14-26-64/h4-31,33-43,45-59,69,75H,1-3,32,44H2/b23-19+,24-20+,60-57+,62-29+,63-30+. The SMILES string of the molecule is C=CC(/C=C/C=C(\C=C)c1ccc(-c2ccccc2)s1)=C\c1cn(C2C=CC=CC2)c2ccc(-c3ccc(-c4ccc(N(C5=CCC(c6ccc(-c7ccccc7)cc6)C=C5)c5ccc(/C(C=C)=C/C=C/c6ccccc6)cc5)cc4)cc3)cc12. The van der Waals surface area contributed by atoms with Crippen LogP contribution in [-0.2, 0) is 0 Å². The van der Waals surface area contributed by atoms with E-state index >= 15 is 0 Å². The number of allylic oxidation sites excluding steroid dienone is 18. The van der Waals surface area contributed by atoms with Crippen molar-refractivity contribution in [3.8, 4) is 43.8 Å². The van der Waals surface area contributed by atoms with Crippen molar-refractivity contribution in [1.29, 1.82) is 0 Å². The summed E-state index contributed by atoms with van der Waals surface area (Å²) in [6, 6.07) is 78.9. The summed E-state index contributed by atoms with van der Waals surface area (Å²) in [7, 11) is 0. The van der Waals surface area contributed by atoms with E-state index in [1.54, 1.807) is 11.3 Å². The predicted molar refractivity (Wildman–Crippen MR) is 369 cm³/mol. The summed E-state index contributed by atoms with van der Waals surface area (Å²) in [5, 5.41) is 1.20. The number of thiophene rings is 1. The Morgan fingerprint density at radius 3 is 1.76 bits per heavy atom. The van der Waals surface area contributed by atoms with Gasteiger partial charge < -0.3 is 9.47 Å². The highest BCUT2D eigenvalue weighted by atomic mass is 32.1. The lowest BCUT2D eigenvalue weighted by molar-refractivity contribution is 0.629. The first kappa shape index (κ1) is 55.2. The van der Waals surface area contributed by atoms with Crippen LogP contribution in [0.15, 0.2) is 347 Å². The van der Waals surface area contributed by atoms with Gasteiger partial charge in [-0.15, -0.1) is 11.3 Å². The van der Waals surface area contributed by atoms with Gasteiger partial charge in [0.05, 0.1) is 6.04 Å². The summed E-state index contributed by atoms with van der Waals surface area (Å²) in [6.07, 6.45) is 40.8. The van der Waals surface area contributed by atoms with Crippen LogP contribution < -0.4 is 4.90 Å². The second-order valence-corrected chi connectivity index (χ2v) is 22.4. The number of benzene rings is 8. The second kappa shape index (κ2) is 26.3. The molecule has 2 aliphatic carbocycles. The maximum Gasteiger partial charge on any atom is 0.0554 e. The number of nitrogens with zero attached hydrogens (tertiary/aromatic N) is 2. The van der Waals surface area contributed by atoms with E-state index in [9.17, 15) is 0 Å². The van der Waals surface area contributed by atoms with Gasteiger partial charge in [-0.2, -0.15) is 0 Å². The molecule has 0 N–H and O–H groups in total. The Morgan fingerprint density at radius 2 is 1.13 bits per heavy atom. The molecule has 0 saturated carbocycles. The number of aromatic nitrogens is 1. The average Bonchev–Trinajstić information content (AvgIpc) is 4.42. The summed E-state index contributed by atoms with van der Waals surface area (Å²) in [4.78, 5) is 4.80. The van der Waals surface area contributed by atoms with Crippen LogP contribution in [0.1, 0.15) is 51.9 Å². The van der Waals surface area contributed by atoms with E-state index in [-0.39, 0.29) is 12.0 Å². The molecular formula is C82H66N2S. The van der Waals surface area contributed by atoms with E-state index in [1.165, 1.54) is 48.5 Å². The van der Waals surface area contributed by atoms with Crippen LogP contribution in [0, 0.1) is 0 Å². The van der Waals surface area contributed by atoms with Crippen molar-refractivity contribution >= 4 is 56.9 Å². The third-order valence-corrected chi connectivity index (χ3v) is 17.2. The second-order valence-electron chi connectivity index (χ2n) is 21.3. The highest BCUT2D eigenvalue weighted by molar-refractivity contribution is 7.16. The molecule has 0 spiro atoms. The zero-order chi connectivity index (χ0) is 57.7. The molecule has 2 unspecified atom stereocenters. The average molecular weight is 1110 g/mol. The number of rotatable bonds is 19. The molecule has 8 aromatic carbocycles. The minimum atomic E-state index is 0.232. The Bertz CT molecular complexity index is 4280. The first-order valence-corrected chi connectivity index (χ1v) is 30.0. The molecule has 0 saturated heterocycles. The fourth-order valence-electron chi connectivity index (χ4n) is 11.3. The molecule has 0 bridgehead atoms. The fraction of sp³-hybridized carbons (Fsp3) is 0.0488. The van der Waals surface area contributed by atoms with Crippen LogP contribution in [0.4, 0.5) is 11.4 Å². The zero-order valence-corrected chi connectivity index (χ0v) is 48.5. The molecule has 2 heterocycles. The van der Waals surface area contributed by atoms with Gasteiger partial charge in [0, 0.05) is 55.4 Å². The van der Waals surface area contributed by atoms with Crippen LogP contribution in [-0.4, -0.2) is 4.57 Å². The van der Waals surface area contributed by atoms with E-state index in [0.29, 0.717) is 0 Å². The molecule has 2 aromatic heterocycles. The highest BCUT2D eigenvalue weighted by Gasteiger charge is 2.20. The molecule has 3 heteroatoms. The van der Waals surface area contributed by atoms with Crippen molar-refractivity contribution in [2.24, 2.45) is 0 Å². The van der Waals surface area contributed by atoms with E-state index in [4.69, 9.17) is 0 Å². The van der Waals surface area contributed by atoms with Crippen LogP contribution in [0.2, 0.25) is 0 Å². The molecule has 0 aliphatic heterocycles. The Labute approximate surface area is 505 Å². The smallest absolute Gasteiger partial charge is 0.0554 e. The van der Waals surface area contributed by atoms with Crippen molar-refractivity contribution < 1.29 is 0 Å². The number of hydrogen-bond acceptors (Lipinski definition) is 2. The maximum atomic E-state index is 4.24. The topological polar surface area (TPSA) is 8.17 Å². The lowest BCUT2D eigenvalue weighted by Crippen LogP contribution is -2.17. The molecule has 2 aliphatic rings. The van der Waals surface area contributed by atoms with Gasteiger partial charge in [0.1, 0.15) is 0 Å². The van der Waals surface area contributed by atoms with E-state index < -0.39 is 0 Å². The number of hydrogen-bond donors (Lipinski definition) is 0. The van der Waals surface area contributed by atoms with Gasteiger partial charge >= 0.3 is 0 Å². The zero-order valence-electron chi connectivity index (χ0n) is 47.7. The molecule has 10 aromatic rings. The molecule has 2 atom stereocenters. The Kier molecular flexibility index (Phi) is 17.1. The highest BCUT2D eigenvalue weighted by Crippen LogP contribution is 2.39. The van der Waals surface area contributed by atoms with Gasteiger partial charge in [0.15, 0.2) is 0 Å². The normalized spacial score (nSPS) is 15.4. The van der Waals surface area contributed by atoms with E-state index in [0.717, 1.165) is 80.0 Å². The van der Waals surface area contributed by atoms with Crippen LogP contribution >= 0.6 is 11.3 Å². The minimum Gasteiger partial charge on any atom is -0.340 e. The largest absolute Gasteiger partial charge is 0.340 e. The monoisotopic (exact) mass is 1110 g/mol. The van der Waals surface area contributed by atoms with Gasteiger partial charge in [-0.1, -0.05) is 281 Å². The van der Waals surface area contributed by atoms with Crippen molar-refractivity contribution in [2.45, 2.75) is 24.8 Å². The lowest BCUT2D eigenvalue weighted by Gasteiger charge is -2.29. The number of fused-ring (bicyclic) bond motifs is 1. The van der Waals surface area contributed by atoms with Gasteiger partial charge in [0.25, 0.3) is 0 Å².